The van der Waals surface area contributed by atoms with E-state index in [4.69, 9.17) is 0 Å². The van der Waals surface area contributed by atoms with E-state index in [0.717, 1.165) is 8.97 Å². The average Bonchev–Trinajstić information content (AvgIpc) is 2.21. The zero-order valence-electron chi connectivity index (χ0n) is 7.71. The molecule has 3 rings (SSSR count). The minimum Gasteiger partial charge on any atom is -0.284 e. The SMILES string of the molecule is C=C[N+]12CC[N+](C=C)(CC1)CC2. The molecule has 0 aromatic rings. The molecule has 0 aliphatic carbocycles. The summed E-state index contributed by atoms with van der Waals surface area (Å²) in [5, 5.41) is 0. The normalized spacial score (nSPS) is 45.7. The Kier molecular flexibility index (Phi) is 1.63. The fraction of sp³-hybridized carbons (Fsp3) is 0.600. The molecule has 0 spiro atoms. The van der Waals surface area contributed by atoms with Crippen LogP contribution < -0.4 is 0 Å². The summed E-state index contributed by atoms with van der Waals surface area (Å²) >= 11 is 0. The van der Waals surface area contributed by atoms with Crippen LogP contribution in [0.2, 0.25) is 0 Å². The summed E-state index contributed by atoms with van der Waals surface area (Å²) in [6.07, 6.45) is 4.27. The average molecular weight is 166 g/mol. The number of piperazine rings is 3. The monoisotopic (exact) mass is 166 g/mol. The van der Waals surface area contributed by atoms with Crippen LogP contribution in [-0.4, -0.2) is 48.2 Å². The molecule has 12 heavy (non-hydrogen) atoms. The molecular formula is C10H18N2+2. The Morgan fingerprint density at radius 3 is 1.08 bits per heavy atom. The molecule has 0 radical (unpaired) electrons. The molecule has 2 bridgehead atoms. The molecule has 3 aliphatic heterocycles. The third-order valence-electron chi connectivity index (χ3n) is 3.75. The van der Waals surface area contributed by atoms with Gasteiger partial charge in [0, 0.05) is 0 Å². The summed E-state index contributed by atoms with van der Waals surface area (Å²) in [6, 6.07) is 0. The van der Waals surface area contributed by atoms with Gasteiger partial charge in [-0.25, -0.2) is 0 Å². The van der Waals surface area contributed by atoms with Crippen LogP contribution in [0.15, 0.2) is 25.6 Å². The van der Waals surface area contributed by atoms with Crippen molar-refractivity contribution in [1.82, 2.24) is 0 Å². The molecule has 2 nitrogen and oxygen atoms in total. The van der Waals surface area contributed by atoms with E-state index in [1.54, 1.807) is 0 Å². The van der Waals surface area contributed by atoms with Crippen LogP contribution in [0.3, 0.4) is 0 Å². The van der Waals surface area contributed by atoms with Crippen LogP contribution >= 0.6 is 0 Å². The van der Waals surface area contributed by atoms with Crippen molar-refractivity contribution in [2.75, 3.05) is 39.3 Å². The molecule has 0 aromatic heterocycles. The summed E-state index contributed by atoms with van der Waals surface area (Å²) < 4.78 is 2.29. The van der Waals surface area contributed by atoms with Crippen molar-refractivity contribution in [3.63, 3.8) is 0 Å². The first kappa shape index (κ1) is 8.02. The molecular weight excluding hydrogens is 148 g/mol. The van der Waals surface area contributed by atoms with Gasteiger partial charge in [0.2, 0.25) is 0 Å². The standard InChI is InChI=1S/C10H18N2/c1-3-11-5-8-12(4-2,9-6-11)10-7-11/h3-4H,1-2,5-10H2/q+2. The quantitative estimate of drug-likeness (QED) is 0.535. The summed E-state index contributed by atoms with van der Waals surface area (Å²) in [6.45, 7) is 15.4. The van der Waals surface area contributed by atoms with Gasteiger partial charge in [0.15, 0.2) is 0 Å². The Balaban J connectivity index is 2.19. The predicted octanol–water partition coefficient (Wildman–Crippen LogP) is 0.934. The minimum absolute atomic E-state index is 1.15. The van der Waals surface area contributed by atoms with Crippen LogP contribution in [0.5, 0.6) is 0 Å². The lowest BCUT2D eigenvalue weighted by Gasteiger charge is -2.52. The predicted molar refractivity (Wildman–Crippen MR) is 50.1 cm³/mol. The number of hydrogen-bond acceptors (Lipinski definition) is 0. The highest BCUT2D eigenvalue weighted by atomic mass is 15.5. The molecule has 3 fully saturated rings. The van der Waals surface area contributed by atoms with Gasteiger partial charge in [-0.3, -0.25) is 8.97 Å². The third-order valence-corrected chi connectivity index (χ3v) is 3.75. The van der Waals surface area contributed by atoms with Gasteiger partial charge in [0.05, 0.1) is 12.4 Å². The number of rotatable bonds is 2. The molecule has 0 atom stereocenters. The second kappa shape index (κ2) is 2.44. The summed E-state index contributed by atoms with van der Waals surface area (Å²) in [5.74, 6) is 0. The highest BCUT2D eigenvalue weighted by molar-refractivity contribution is 4.71. The zero-order valence-corrected chi connectivity index (χ0v) is 7.71. The molecule has 0 saturated carbocycles. The number of hydrogen-bond donors (Lipinski definition) is 0. The molecule has 0 amide bonds. The Bertz CT molecular complexity index is 171. The van der Waals surface area contributed by atoms with Crippen molar-refractivity contribution < 1.29 is 8.97 Å². The topological polar surface area (TPSA) is 0 Å². The third kappa shape index (κ3) is 0.952. The van der Waals surface area contributed by atoms with E-state index in [2.05, 4.69) is 25.6 Å². The second-order valence-electron chi connectivity index (χ2n) is 4.14. The van der Waals surface area contributed by atoms with Gasteiger partial charge in [0.1, 0.15) is 39.3 Å². The molecule has 3 aliphatic rings. The molecule has 3 heterocycles. The van der Waals surface area contributed by atoms with Crippen molar-refractivity contribution in [3.8, 4) is 0 Å². The molecule has 0 unspecified atom stereocenters. The first-order valence-electron chi connectivity index (χ1n) is 4.73. The van der Waals surface area contributed by atoms with E-state index in [9.17, 15) is 0 Å². The van der Waals surface area contributed by atoms with E-state index < -0.39 is 0 Å². The highest BCUT2D eigenvalue weighted by Crippen LogP contribution is 2.26. The van der Waals surface area contributed by atoms with Crippen LogP contribution in [0.4, 0.5) is 0 Å². The maximum absolute atomic E-state index is 3.94. The largest absolute Gasteiger partial charge is 0.284 e. The molecule has 3 saturated heterocycles. The Labute approximate surface area is 74.6 Å². The molecule has 0 N–H and O–H groups in total. The lowest BCUT2D eigenvalue weighted by Crippen LogP contribution is -2.71. The maximum atomic E-state index is 3.94. The fourth-order valence-electron chi connectivity index (χ4n) is 2.41. The van der Waals surface area contributed by atoms with E-state index >= 15 is 0 Å². The van der Waals surface area contributed by atoms with Crippen molar-refractivity contribution >= 4 is 0 Å². The number of quaternary nitrogens is 2. The van der Waals surface area contributed by atoms with E-state index in [1.165, 1.54) is 39.3 Å². The summed E-state index contributed by atoms with van der Waals surface area (Å²) in [5.41, 5.74) is 0. The highest BCUT2D eigenvalue weighted by Gasteiger charge is 2.46. The van der Waals surface area contributed by atoms with E-state index in [-0.39, 0.29) is 0 Å². The smallest absolute Gasteiger partial charge is 0.133 e. The van der Waals surface area contributed by atoms with Crippen LogP contribution in [-0.2, 0) is 0 Å². The van der Waals surface area contributed by atoms with Crippen LogP contribution in [0, 0.1) is 0 Å². The summed E-state index contributed by atoms with van der Waals surface area (Å²) in [7, 11) is 0. The van der Waals surface area contributed by atoms with Gasteiger partial charge in [-0.15, -0.1) is 0 Å². The second-order valence-corrected chi connectivity index (χ2v) is 4.14. The fourth-order valence-corrected chi connectivity index (χ4v) is 2.41. The van der Waals surface area contributed by atoms with Gasteiger partial charge in [-0.2, -0.15) is 0 Å². The first-order chi connectivity index (χ1) is 5.74. The van der Waals surface area contributed by atoms with Gasteiger partial charge in [-0.05, 0) is 13.2 Å². The van der Waals surface area contributed by atoms with Crippen molar-refractivity contribution in [1.29, 1.82) is 0 Å². The number of nitrogens with zero attached hydrogens (tertiary/aromatic N) is 2. The van der Waals surface area contributed by atoms with Crippen molar-refractivity contribution in [2.45, 2.75) is 0 Å². The van der Waals surface area contributed by atoms with Gasteiger partial charge < -0.3 is 0 Å². The lowest BCUT2D eigenvalue weighted by atomic mass is 10.1. The van der Waals surface area contributed by atoms with Crippen molar-refractivity contribution in [2.24, 2.45) is 0 Å². The number of fused-ring (bicyclic) bond motifs is 3. The maximum Gasteiger partial charge on any atom is 0.133 e. The minimum atomic E-state index is 1.15. The van der Waals surface area contributed by atoms with Crippen LogP contribution in [0.1, 0.15) is 0 Å². The molecule has 0 aromatic carbocycles. The molecule has 2 heteroatoms. The van der Waals surface area contributed by atoms with Crippen molar-refractivity contribution in [3.05, 3.63) is 25.6 Å². The molecule has 66 valence electrons. The summed E-state index contributed by atoms with van der Waals surface area (Å²) in [4.78, 5) is 0. The Hall–Kier alpha value is -0.600. The van der Waals surface area contributed by atoms with Gasteiger partial charge >= 0.3 is 0 Å². The Morgan fingerprint density at radius 2 is 0.917 bits per heavy atom. The van der Waals surface area contributed by atoms with Gasteiger partial charge in [0.25, 0.3) is 0 Å². The zero-order chi connectivity index (χ0) is 8.66. The van der Waals surface area contributed by atoms with Crippen LogP contribution in [0.25, 0.3) is 0 Å². The lowest BCUT2D eigenvalue weighted by molar-refractivity contribution is -1.04. The Morgan fingerprint density at radius 1 is 0.667 bits per heavy atom. The van der Waals surface area contributed by atoms with E-state index in [0.29, 0.717) is 0 Å². The first-order valence-corrected chi connectivity index (χ1v) is 4.73. The van der Waals surface area contributed by atoms with Gasteiger partial charge in [-0.1, -0.05) is 0 Å². The van der Waals surface area contributed by atoms with E-state index in [1.807, 2.05) is 0 Å².